The van der Waals surface area contributed by atoms with Crippen molar-refractivity contribution in [3.63, 3.8) is 0 Å². The Morgan fingerprint density at radius 1 is 1.14 bits per heavy atom. The van der Waals surface area contributed by atoms with Gasteiger partial charge in [-0.1, -0.05) is 6.92 Å². The first-order chi connectivity index (χ1) is 6.74. The van der Waals surface area contributed by atoms with E-state index in [4.69, 9.17) is 13.3 Å². The zero-order valence-corrected chi connectivity index (χ0v) is 9.91. The standard InChI is InChI=1S/C8H17NO4Si/c1-4-7-13-14(9-8-10,11-5-2)12-6-3/h4-7H2,1-3H3. The highest BCUT2D eigenvalue weighted by Crippen LogP contribution is 2.11. The second kappa shape index (κ2) is 7.84. The molecule has 0 aromatic carbocycles. The summed E-state index contributed by atoms with van der Waals surface area (Å²) in [4.78, 5) is 10.2. The van der Waals surface area contributed by atoms with E-state index in [0.717, 1.165) is 6.42 Å². The fourth-order valence-corrected chi connectivity index (χ4v) is 2.62. The van der Waals surface area contributed by atoms with E-state index < -0.39 is 8.97 Å². The Hall–Kier alpha value is -0.523. The molecule has 0 aromatic rings. The molecule has 0 fully saturated rings. The van der Waals surface area contributed by atoms with Gasteiger partial charge < -0.3 is 13.3 Å². The fourth-order valence-electron chi connectivity index (χ4n) is 0.874. The second-order valence-electron chi connectivity index (χ2n) is 2.44. The van der Waals surface area contributed by atoms with Gasteiger partial charge in [-0.3, -0.25) is 0 Å². The van der Waals surface area contributed by atoms with Crippen molar-refractivity contribution >= 4 is 15.0 Å². The lowest BCUT2D eigenvalue weighted by atomic mass is 10.5. The van der Waals surface area contributed by atoms with Crippen LogP contribution >= 0.6 is 0 Å². The van der Waals surface area contributed by atoms with E-state index in [9.17, 15) is 4.79 Å². The molecule has 0 N–H and O–H groups in total. The lowest BCUT2D eigenvalue weighted by molar-refractivity contribution is 0.0688. The summed E-state index contributed by atoms with van der Waals surface area (Å²) in [6.07, 6.45) is 2.27. The number of hydrogen-bond acceptors (Lipinski definition) is 5. The summed E-state index contributed by atoms with van der Waals surface area (Å²) in [6.45, 7) is 6.84. The van der Waals surface area contributed by atoms with Crippen molar-refractivity contribution in [1.29, 1.82) is 0 Å². The van der Waals surface area contributed by atoms with Crippen LogP contribution in [-0.2, 0) is 18.1 Å². The molecule has 0 aliphatic carbocycles. The Kier molecular flexibility index (Phi) is 7.55. The van der Waals surface area contributed by atoms with Gasteiger partial charge >= 0.3 is 8.97 Å². The first-order valence-electron chi connectivity index (χ1n) is 4.75. The number of nitrogens with zero attached hydrogens (tertiary/aromatic N) is 1. The molecule has 0 spiro atoms. The van der Waals surface area contributed by atoms with Gasteiger partial charge in [0, 0.05) is 19.8 Å². The zero-order chi connectivity index (χ0) is 10.9. The largest absolute Gasteiger partial charge is 0.663 e. The van der Waals surface area contributed by atoms with Crippen molar-refractivity contribution in [3.8, 4) is 0 Å². The maximum atomic E-state index is 10.2. The van der Waals surface area contributed by atoms with Crippen molar-refractivity contribution in [2.75, 3.05) is 19.8 Å². The normalized spacial score (nSPS) is 11.1. The van der Waals surface area contributed by atoms with E-state index in [-0.39, 0.29) is 0 Å². The number of rotatable bonds is 8. The number of hydrogen-bond donors (Lipinski definition) is 0. The molecule has 14 heavy (non-hydrogen) atoms. The van der Waals surface area contributed by atoms with Crippen LogP contribution in [0.2, 0.25) is 0 Å². The first kappa shape index (κ1) is 13.5. The molecule has 0 atom stereocenters. The van der Waals surface area contributed by atoms with Crippen LogP contribution in [0, 0.1) is 0 Å². The molecular formula is C8H17NO4Si. The predicted molar refractivity (Wildman–Crippen MR) is 53.4 cm³/mol. The molecule has 0 saturated carbocycles. The van der Waals surface area contributed by atoms with Crippen molar-refractivity contribution in [3.05, 3.63) is 0 Å². The van der Waals surface area contributed by atoms with E-state index in [1.54, 1.807) is 13.8 Å². The molecule has 0 saturated heterocycles. The SMILES string of the molecule is CCCO[Si](N=C=O)(OCC)OCC. The Morgan fingerprint density at radius 3 is 2.07 bits per heavy atom. The summed E-state index contributed by atoms with van der Waals surface area (Å²) in [7, 11) is -3.12. The Bertz CT molecular complexity index is 188. The molecule has 0 aromatic heterocycles. The smallest absolute Gasteiger partial charge is 0.355 e. The van der Waals surface area contributed by atoms with Crippen molar-refractivity contribution in [1.82, 2.24) is 0 Å². The van der Waals surface area contributed by atoms with E-state index in [1.807, 2.05) is 6.92 Å². The van der Waals surface area contributed by atoms with Gasteiger partial charge in [-0.2, -0.15) is 4.66 Å². The Morgan fingerprint density at radius 2 is 1.71 bits per heavy atom. The molecule has 82 valence electrons. The van der Waals surface area contributed by atoms with Gasteiger partial charge in [0.2, 0.25) is 6.08 Å². The average Bonchev–Trinajstić information content (AvgIpc) is 2.16. The summed E-state index contributed by atoms with van der Waals surface area (Å²) in [5.74, 6) is 0. The van der Waals surface area contributed by atoms with Crippen LogP contribution in [0.25, 0.3) is 0 Å². The molecule has 0 unspecified atom stereocenters. The quantitative estimate of drug-likeness (QED) is 0.350. The molecule has 0 amide bonds. The molecule has 6 heteroatoms. The highest BCUT2D eigenvalue weighted by molar-refractivity contribution is 6.59. The van der Waals surface area contributed by atoms with Crippen LogP contribution in [0.3, 0.4) is 0 Å². The number of isocyanates is 1. The van der Waals surface area contributed by atoms with Crippen molar-refractivity contribution in [2.24, 2.45) is 4.66 Å². The highest BCUT2D eigenvalue weighted by Gasteiger charge is 2.42. The summed E-state index contributed by atoms with van der Waals surface area (Å²) in [5, 5.41) is 0. The van der Waals surface area contributed by atoms with E-state index in [2.05, 4.69) is 4.66 Å². The molecule has 0 radical (unpaired) electrons. The van der Waals surface area contributed by atoms with Crippen LogP contribution in [-0.4, -0.2) is 34.9 Å². The van der Waals surface area contributed by atoms with Gasteiger partial charge in [-0.15, -0.1) is 0 Å². The predicted octanol–water partition coefficient (Wildman–Crippen LogP) is 1.26. The Labute approximate surface area is 85.5 Å². The topological polar surface area (TPSA) is 57.1 Å². The van der Waals surface area contributed by atoms with Gasteiger partial charge in [0.1, 0.15) is 0 Å². The second-order valence-corrected chi connectivity index (χ2v) is 4.58. The zero-order valence-electron chi connectivity index (χ0n) is 8.91. The van der Waals surface area contributed by atoms with Crippen LogP contribution in [0.15, 0.2) is 4.66 Å². The maximum Gasteiger partial charge on any atom is 0.663 e. The average molecular weight is 219 g/mol. The summed E-state index contributed by atoms with van der Waals surface area (Å²) in [5.41, 5.74) is 0. The third kappa shape index (κ3) is 4.64. The minimum absolute atomic E-state index is 0.404. The van der Waals surface area contributed by atoms with Gasteiger partial charge in [0.15, 0.2) is 0 Å². The highest BCUT2D eigenvalue weighted by atomic mass is 28.4. The van der Waals surface area contributed by atoms with Crippen molar-refractivity contribution in [2.45, 2.75) is 27.2 Å². The van der Waals surface area contributed by atoms with E-state index in [0.29, 0.717) is 19.8 Å². The lowest BCUT2D eigenvalue weighted by Crippen LogP contribution is -2.44. The monoisotopic (exact) mass is 219 g/mol. The van der Waals surface area contributed by atoms with E-state index >= 15 is 0 Å². The molecule has 0 bridgehead atoms. The Balaban J connectivity index is 4.45. The first-order valence-corrected chi connectivity index (χ1v) is 6.42. The van der Waals surface area contributed by atoms with Gasteiger partial charge in [-0.05, 0) is 20.3 Å². The molecule has 0 rings (SSSR count). The molecule has 5 nitrogen and oxygen atoms in total. The third-order valence-corrected chi connectivity index (χ3v) is 3.57. The van der Waals surface area contributed by atoms with Crippen LogP contribution < -0.4 is 0 Å². The number of carbonyl (C=O) groups excluding carboxylic acids is 1. The maximum absolute atomic E-state index is 10.2. The molecule has 0 aliphatic rings. The summed E-state index contributed by atoms with van der Waals surface area (Å²) < 4.78 is 19.5. The van der Waals surface area contributed by atoms with Crippen molar-refractivity contribution < 1.29 is 18.1 Å². The molecule has 0 heterocycles. The summed E-state index contributed by atoms with van der Waals surface area (Å²) in [6, 6.07) is 0. The van der Waals surface area contributed by atoms with E-state index in [1.165, 1.54) is 6.08 Å². The van der Waals surface area contributed by atoms with Gasteiger partial charge in [0.05, 0.1) is 0 Å². The molecule has 0 aliphatic heterocycles. The molecular weight excluding hydrogens is 202 g/mol. The van der Waals surface area contributed by atoms with Gasteiger partial charge in [-0.25, -0.2) is 4.79 Å². The fraction of sp³-hybridized carbons (Fsp3) is 0.875. The minimum Gasteiger partial charge on any atom is -0.355 e. The minimum atomic E-state index is -3.12. The summed E-state index contributed by atoms with van der Waals surface area (Å²) >= 11 is 0. The van der Waals surface area contributed by atoms with Gasteiger partial charge in [0.25, 0.3) is 0 Å². The lowest BCUT2D eigenvalue weighted by Gasteiger charge is -2.21. The third-order valence-electron chi connectivity index (χ3n) is 1.32. The van der Waals surface area contributed by atoms with Crippen LogP contribution in [0.1, 0.15) is 27.2 Å². The van der Waals surface area contributed by atoms with Crippen LogP contribution in [0.4, 0.5) is 0 Å². The van der Waals surface area contributed by atoms with Crippen LogP contribution in [0.5, 0.6) is 0 Å².